The molecule has 0 atom stereocenters. The van der Waals surface area contributed by atoms with Crippen LogP contribution in [0.2, 0.25) is 0 Å². The number of nitrogens with zero attached hydrogens (tertiary/aromatic N) is 4. The minimum absolute atomic E-state index is 0.217. The first-order chi connectivity index (χ1) is 16.2. The van der Waals surface area contributed by atoms with Crippen molar-refractivity contribution in [3.8, 4) is 23.1 Å². The topological polar surface area (TPSA) is 88.2 Å². The Morgan fingerprint density at radius 3 is 2.59 bits per heavy atom. The maximum atomic E-state index is 13.7. The summed E-state index contributed by atoms with van der Waals surface area (Å²) in [6, 6.07) is 11.2. The number of hydrogen-bond acceptors (Lipinski definition) is 5. The highest BCUT2D eigenvalue weighted by Crippen LogP contribution is 2.26. The molecule has 0 radical (unpaired) electrons. The van der Waals surface area contributed by atoms with Crippen LogP contribution in [0.4, 0.5) is 8.78 Å². The lowest BCUT2D eigenvalue weighted by atomic mass is 9.99. The van der Waals surface area contributed by atoms with Gasteiger partial charge in [0, 0.05) is 25.2 Å². The Labute approximate surface area is 197 Å². The first-order valence-corrected chi connectivity index (χ1v) is 12.7. The molecule has 4 rings (SSSR count). The number of halogens is 2. The minimum Gasteiger partial charge on any atom is -0.492 e. The highest BCUT2D eigenvalue weighted by molar-refractivity contribution is 7.88. The van der Waals surface area contributed by atoms with Crippen LogP contribution in [0, 0.1) is 28.9 Å². The number of aromatic nitrogens is 2. The summed E-state index contributed by atoms with van der Waals surface area (Å²) in [5.74, 6) is -1.15. The third kappa shape index (κ3) is 5.43. The Kier molecular flexibility index (Phi) is 6.95. The molecule has 0 saturated carbocycles. The largest absolute Gasteiger partial charge is 0.492 e. The van der Waals surface area contributed by atoms with Crippen LogP contribution in [-0.4, -0.2) is 48.2 Å². The molecule has 0 aliphatic carbocycles. The monoisotopic (exact) mass is 486 g/mol. The predicted molar refractivity (Wildman–Crippen MR) is 122 cm³/mol. The van der Waals surface area contributed by atoms with Gasteiger partial charge in [-0.3, -0.25) is 0 Å². The van der Waals surface area contributed by atoms with Crippen molar-refractivity contribution in [3.05, 3.63) is 71.7 Å². The Bertz CT molecular complexity index is 1330. The first kappa shape index (κ1) is 23.9. The minimum atomic E-state index is -3.17. The Hall–Kier alpha value is -3.29. The van der Waals surface area contributed by atoms with Gasteiger partial charge in [-0.1, -0.05) is 6.07 Å². The molecule has 3 aromatic rings. The molecular weight excluding hydrogens is 462 g/mol. The number of sulfonamides is 1. The van der Waals surface area contributed by atoms with Gasteiger partial charge in [0.05, 0.1) is 36.6 Å². The van der Waals surface area contributed by atoms with Crippen LogP contribution in [-0.2, 0) is 16.6 Å². The summed E-state index contributed by atoms with van der Waals surface area (Å²) in [7, 11) is -3.17. The van der Waals surface area contributed by atoms with Gasteiger partial charge in [0.15, 0.2) is 11.6 Å². The zero-order valence-electron chi connectivity index (χ0n) is 18.6. The van der Waals surface area contributed by atoms with Gasteiger partial charge < -0.3 is 9.30 Å². The smallest absolute Gasteiger partial charge is 0.211 e. The highest BCUT2D eigenvalue weighted by Gasteiger charge is 2.25. The summed E-state index contributed by atoms with van der Waals surface area (Å²) in [6.45, 7) is 1.74. The van der Waals surface area contributed by atoms with Crippen LogP contribution < -0.4 is 4.74 Å². The lowest BCUT2D eigenvalue weighted by Gasteiger charge is -2.30. The number of nitriles is 1. The van der Waals surface area contributed by atoms with E-state index in [4.69, 9.17) is 4.74 Å². The normalized spacial score (nSPS) is 15.2. The zero-order chi connectivity index (χ0) is 24.3. The number of benzene rings is 2. The van der Waals surface area contributed by atoms with Crippen molar-refractivity contribution in [2.24, 2.45) is 5.92 Å². The number of rotatable bonds is 7. The fourth-order valence-corrected chi connectivity index (χ4v) is 4.92. The quantitative estimate of drug-likeness (QED) is 0.507. The van der Waals surface area contributed by atoms with Gasteiger partial charge in [-0.25, -0.2) is 26.5 Å². The predicted octanol–water partition coefficient (Wildman–Crippen LogP) is 3.80. The molecule has 2 heterocycles. The summed E-state index contributed by atoms with van der Waals surface area (Å²) in [5.41, 5.74) is 2.34. The molecule has 10 heteroatoms. The molecule has 0 bridgehead atoms. The number of piperidine rings is 1. The first-order valence-electron chi connectivity index (χ1n) is 10.8. The van der Waals surface area contributed by atoms with Gasteiger partial charge >= 0.3 is 0 Å². The van der Waals surface area contributed by atoms with Crippen LogP contribution in [0.25, 0.3) is 11.3 Å². The maximum absolute atomic E-state index is 13.7. The number of imidazole rings is 1. The van der Waals surface area contributed by atoms with Crippen molar-refractivity contribution in [1.29, 1.82) is 5.26 Å². The van der Waals surface area contributed by atoms with Crippen molar-refractivity contribution >= 4 is 10.0 Å². The molecule has 1 aromatic heterocycles. The standard InChI is InChI=1S/C24H24F2N4O3S/c1-34(31,32)30-8-6-17(7-9-30)15-33-24-5-2-18(10-20(24)12-27)14-29-16-28-13-23(29)19-3-4-21(25)22(26)11-19/h2-5,10-11,13,16-17H,6-9,14-15H2,1H3. The molecule has 2 aromatic carbocycles. The van der Waals surface area contributed by atoms with Crippen molar-refractivity contribution in [3.63, 3.8) is 0 Å². The Morgan fingerprint density at radius 2 is 1.91 bits per heavy atom. The van der Waals surface area contributed by atoms with Crippen molar-refractivity contribution in [2.75, 3.05) is 26.0 Å². The van der Waals surface area contributed by atoms with Crippen molar-refractivity contribution in [2.45, 2.75) is 19.4 Å². The Morgan fingerprint density at radius 1 is 1.15 bits per heavy atom. The average Bonchev–Trinajstić information content (AvgIpc) is 3.27. The highest BCUT2D eigenvalue weighted by atomic mass is 32.2. The molecule has 178 valence electrons. The van der Waals surface area contributed by atoms with Crippen LogP contribution in [0.5, 0.6) is 5.75 Å². The van der Waals surface area contributed by atoms with Gasteiger partial charge in [-0.2, -0.15) is 5.26 Å². The Balaban J connectivity index is 1.42. The van der Waals surface area contributed by atoms with Gasteiger partial charge in [-0.05, 0) is 54.7 Å². The van der Waals surface area contributed by atoms with E-state index in [2.05, 4.69) is 11.1 Å². The summed E-state index contributed by atoms with van der Waals surface area (Å²) >= 11 is 0. The van der Waals surface area contributed by atoms with Gasteiger partial charge in [0.1, 0.15) is 11.8 Å². The maximum Gasteiger partial charge on any atom is 0.211 e. The second-order valence-electron chi connectivity index (χ2n) is 8.39. The van der Waals surface area contributed by atoms with E-state index in [1.54, 1.807) is 29.2 Å². The molecule has 34 heavy (non-hydrogen) atoms. The molecule has 0 amide bonds. The van der Waals surface area contributed by atoms with E-state index in [0.29, 0.717) is 61.7 Å². The second kappa shape index (κ2) is 9.91. The van der Waals surface area contributed by atoms with E-state index >= 15 is 0 Å². The second-order valence-corrected chi connectivity index (χ2v) is 10.4. The third-order valence-electron chi connectivity index (χ3n) is 5.96. The van der Waals surface area contributed by atoms with E-state index in [1.165, 1.54) is 16.6 Å². The summed E-state index contributed by atoms with van der Waals surface area (Å²) in [6.07, 6.45) is 5.80. The molecule has 1 aliphatic rings. The molecule has 1 saturated heterocycles. The van der Waals surface area contributed by atoms with Crippen LogP contribution in [0.3, 0.4) is 0 Å². The lowest BCUT2D eigenvalue weighted by Crippen LogP contribution is -2.39. The molecule has 1 aliphatic heterocycles. The fourth-order valence-electron chi connectivity index (χ4n) is 4.04. The van der Waals surface area contributed by atoms with Crippen LogP contribution in [0.1, 0.15) is 24.0 Å². The zero-order valence-corrected chi connectivity index (χ0v) is 19.4. The average molecular weight is 487 g/mol. The van der Waals surface area contributed by atoms with Crippen LogP contribution in [0.15, 0.2) is 48.9 Å². The van der Waals surface area contributed by atoms with Gasteiger partial charge in [0.2, 0.25) is 10.0 Å². The molecule has 0 N–H and O–H groups in total. The van der Waals surface area contributed by atoms with Gasteiger partial charge in [-0.15, -0.1) is 0 Å². The van der Waals surface area contributed by atoms with E-state index in [0.717, 1.165) is 17.7 Å². The molecule has 0 unspecified atom stereocenters. The number of ether oxygens (including phenoxy) is 1. The lowest BCUT2D eigenvalue weighted by molar-refractivity contribution is 0.185. The molecular formula is C24H24F2N4O3S. The SMILES string of the molecule is CS(=O)(=O)N1CCC(COc2ccc(Cn3cncc3-c3ccc(F)c(F)c3)cc2C#N)CC1. The molecule has 7 nitrogen and oxygen atoms in total. The molecule has 1 fully saturated rings. The number of hydrogen-bond donors (Lipinski definition) is 0. The fraction of sp³-hybridized carbons (Fsp3) is 0.333. The van der Waals surface area contributed by atoms with E-state index in [-0.39, 0.29) is 5.92 Å². The van der Waals surface area contributed by atoms with E-state index in [9.17, 15) is 22.5 Å². The van der Waals surface area contributed by atoms with Crippen molar-refractivity contribution < 1.29 is 21.9 Å². The van der Waals surface area contributed by atoms with E-state index < -0.39 is 21.7 Å². The van der Waals surface area contributed by atoms with Gasteiger partial charge in [0.25, 0.3) is 0 Å². The summed E-state index contributed by atoms with van der Waals surface area (Å²) in [5, 5.41) is 9.62. The summed E-state index contributed by atoms with van der Waals surface area (Å²) in [4.78, 5) is 4.12. The van der Waals surface area contributed by atoms with Crippen molar-refractivity contribution in [1.82, 2.24) is 13.9 Å². The van der Waals surface area contributed by atoms with E-state index in [1.807, 2.05) is 6.07 Å². The third-order valence-corrected chi connectivity index (χ3v) is 7.27. The molecule has 0 spiro atoms. The summed E-state index contributed by atoms with van der Waals surface area (Å²) < 4.78 is 59.4. The van der Waals surface area contributed by atoms with Crippen LogP contribution >= 0.6 is 0 Å².